The molecule has 0 aliphatic carbocycles. The van der Waals surface area contributed by atoms with Crippen molar-refractivity contribution in [1.82, 2.24) is 24.8 Å². The van der Waals surface area contributed by atoms with Crippen LogP contribution in [-0.4, -0.2) is 82.4 Å². The first kappa shape index (κ1) is 34.2. The molecule has 1 aliphatic heterocycles. The van der Waals surface area contributed by atoms with E-state index in [1.165, 1.54) is 42.3 Å². The van der Waals surface area contributed by atoms with Gasteiger partial charge in [-0.15, -0.1) is 0 Å². The van der Waals surface area contributed by atoms with Gasteiger partial charge >= 0.3 is 23.2 Å². The van der Waals surface area contributed by atoms with Crippen LogP contribution in [0, 0.1) is 0 Å². The second kappa shape index (κ2) is 13.8. The number of phosphoric acid groups is 2. The van der Waals surface area contributed by atoms with Crippen molar-refractivity contribution in [3.8, 4) is 0 Å². The molecule has 3 heterocycles. The molecule has 0 radical (unpaired) electrons. The molecule has 45 heavy (non-hydrogen) atoms. The Morgan fingerprint density at radius 3 is 2.40 bits per heavy atom. The summed E-state index contributed by atoms with van der Waals surface area (Å²) in [6, 6.07) is 6.05. The normalized spacial score (nSPS) is 16.9. The number of hydrogen-bond acceptors (Lipinski definition) is 13. The Balaban J connectivity index is 1.29. The number of ether oxygens (including phenoxy) is 1. The Bertz CT molecular complexity index is 1770. The molecule has 0 fully saturated rings. The smallest absolute Gasteiger partial charge is 0.366 e. The average Bonchev–Trinajstić information content (AvgIpc) is 3.50. The van der Waals surface area contributed by atoms with Gasteiger partial charge < -0.3 is 39.5 Å². The topological polar surface area (TPSA) is 282 Å². The van der Waals surface area contributed by atoms with E-state index in [4.69, 9.17) is 14.5 Å². The van der Waals surface area contributed by atoms with Crippen LogP contribution in [0.25, 0.3) is 11.2 Å². The van der Waals surface area contributed by atoms with E-state index in [1.54, 1.807) is 6.07 Å². The molecule has 242 valence electrons. The Morgan fingerprint density at radius 1 is 1.00 bits per heavy atom. The maximum atomic E-state index is 12.6. The van der Waals surface area contributed by atoms with Crippen molar-refractivity contribution in [2.45, 2.75) is 19.6 Å². The van der Waals surface area contributed by atoms with E-state index in [2.05, 4.69) is 34.2 Å². The molecule has 1 aromatic carbocycles. The maximum Gasteiger partial charge on any atom is 0.488 e. The van der Waals surface area contributed by atoms with Crippen LogP contribution in [-0.2, 0) is 43.2 Å². The van der Waals surface area contributed by atoms with Gasteiger partial charge in [0.1, 0.15) is 18.2 Å². The number of anilines is 2. The number of carbonyl (C=O) groups is 3. The summed E-state index contributed by atoms with van der Waals surface area (Å²) in [4.78, 5) is 86.3. The number of carbonyl (C=O) groups excluding carboxylic acids is 3. The Morgan fingerprint density at radius 2 is 1.71 bits per heavy atom. The highest BCUT2D eigenvalue weighted by Crippen LogP contribution is 2.65. The third-order valence-corrected chi connectivity index (χ3v) is 9.69. The Labute approximate surface area is 253 Å². The number of nitrogens with zero attached hydrogens (tertiary/aromatic N) is 5. The number of imide groups is 1. The predicted molar refractivity (Wildman–Crippen MR) is 153 cm³/mol. The lowest BCUT2D eigenvalue weighted by molar-refractivity contribution is -0.120. The standard InChI is InChI=1S/C22H26N7O13P3/c1-14(40-13-43(33,34)41-45(38,39)42-44(35,36)37)10-28-12-27-19-20(25-11-26-21(19)28)23-7-8-24-22(32)15-3-2-4-16(9-15)29-17(30)5-6-18(29)31/h2-6,9,11-12,14H,7-8,10,13H2,1H3,(H,24,32)(H,33,34)(H,38,39)(H,23,25,26)(H2,35,36,37)/t14-/m1/s1. The second-order valence-electron chi connectivity index (χ2n) is 9.24. The van der Waals surface area contributed by atoms with Gasteiger partial charge in [-0.25, -0.2) is 33.3 Å². The summed E-state index contributed by atoms with van der Waals surface area (Å²) in [5.74, 6) is -1.11. The highest BCUT2D eigenvalue weighted by molar-refractivity contribution is 7.68. The zero-order valence-electron chi connectivity index (χ0n) is 23.1. The molecule has 6 N–H and O–H groups in total. The first-order valence-corrected chi connectivity index (χ1v) is 17.4. The van der Waals surface area contributed by atoms with Gasteiger partial charge in [-0.1, -0.05) is 6.07 Å². The molecule has 2 aromatic heterocycles. The van der Waals surface area contributed by atoms with Crippen molar-refractivity contribution in [3.63, 3.8) is 0 Å². The molecule has 4 rings (SSSR count). The van der Waals surface area contributed by atoms with Crippen molar-refractivity contribution < 1.29 is 61.0 Å². The number of aromatic nitrogens is 4. The van der Waals surface area contributed by atoms with Crippen LogP contribution in [0.15, 0.2) is 49.1 Å². The lowest BCUT2D eigenvalue weighted by Crippen LogP contribution is -2.31. The van der Waals surface area contributed by atoms with E-state index < -0.39 is 53.4 Å². The van der Waals surface area contributed by atoms with Crippen LogP contribution in [0.2, 0.25) is 0 Å². The summed E-state index contributed by atoms with van der Waals surface area (Å²) < 4.78 is 48.5. The molecule has 23 heteroatoms. The number of imidazole rings is 1. The van der Waals surface area contributed by atoms with Gasteiger partial charge in [0.2, 0.25) is 0 Å². The highest BCUT2D eigenvalue weighted by atomic mass is 31.3. The van der Waals surface area contributed by atoms with E-state index in [9.17, 15) is 37.9 Å². The number of benzene rings is 1. The van der Waals surface area contributed by atoms with Gasteiger partial charge in [-0.2, -0.15) is 4.31 Å². The molecule has 3 aromatic rings. The van der Waals surface area contributed by atoms with E-state index in [0.717, 1.165) is 17.1 Å². The van der Waals surface area contributed by atoms with Crippen molar-refractivity contribution in [2.24, 2.45) is 0 Å². The van der Waals surface area contributed by atoms with E-state index in [1.807, 2.05) is 0 Å². The zero-order chi connectivity index (χ0) is 33.0. The molecule has 1 aliphatic rings. The molecule has 20 nitrogen and oxygen atoms in total. The fourth-order valence-electron chi connectivity index (χ4n) is 3.93. The molecular formula is C22H26N7O13P3. The van der Waals surface area contributed by atoms with Crippen LogP contribution in [0.3, 0.4) is 0 Å². The van der Waals surface area contributed by atoms with Gasteiger partial charge in [0.25, 0.3) is 17.7 Å². The first-order chi connectivity index (χ1) is 21.0. The minimum atomic E-state index is -5.58. The summed E-state index contributed by atoms with van der Waals surface area (Å²) in [5, 5.41) is 5.74. The third-order valence-electron chi connectivity index (χ3n) is 5.70. The maximum absolute atomic E-state index is 12.6. The average molecular weight is 689 g/mol. The molecule has 0 saturated heterocycles. The minimum Gasteiger partial charge on any atom is -0.366 e. The fraction of sp³-hybridized carbons (Fsp3) is 0.273. The Hall–Kier alpha value is -3.67. The predicted octanol–water partition coefficient (Wildman–Crippen LogP) is 0.872. The quantitative estimate of drug-likeness (QED) is 0.0733. The lowest BCUT2D eigenvalue weighted by Gasteiger charge is -2.19. The second-order valence-corrected chi connectivity index (χ2v) is 14.0. The van der Waals surface area contributed by atoms with Crippen LogP contribution in [0.4, 0.5) is 11.5 Å². The van der Waals surface area contributed by atoms with Gasteiger partial charge in [0.15, 0.2) is 11.5 Å². The molecule has 0 spiro atoms. The molecule has 0 bridgehead atoms. The van der Waals surface area contributed by atoms with Gasteiger partial charge in [-0.05, 0) is 25.1 Å². The SMILES string of the molecule is C[C@H](Cn1cnc2c(NCCNC(=O)c3cccc(N4C(=O)C=CC4=O)c3)ncnc21)OCP(=O)(O)OP(=O)(O)OP(=O)(O)O. The third kappa shape index (κ3) is 9.42. The fourth-order valence-corrected chi connectivity index (χ4v) is 7.31. The van der Waals surface area contributed by atoms with Crippen molar-refractivity contribution in [1.29, 1.82) is 0 Å². The number of nitrogens with one attached hydrogen (secondary N) is 2. The summed E-state index contributed by atoms with van der Waals surface area (Å²) >= 11 is 0. The van der Waals surface area contributed by atoms with E-state index in [-0.39, 0.29) is 30.9 Å². The van der Waals surface area contributed by atoms with Crippen molar-refractivity contribution in [3.05, 3.63) is 54.6 Å². The lowest BCUT2D eigenvalue weighted by atomic mass is 10.1. The monoisotopic (exact) mass is 689 g/mol. The van der Waals surface area contributed by atoms with E-state index >= 15 is 0 Å². The zero-order valence-corrected chi connectivity index (χ0v) is 25.7. The van der Waals surface area contributed by atoms with Gasteiger partial charge in [0.05, 0.1) is 24.7 Å². The molecule has 3 atom stereocenters. The van der Waals surface area contributed by atoms with Crippen LogP contribution < -0.4 is 15.5 Å². The van der Waals surface area contributed by atoms with Crippen molar-refractivity contribution >= 4 is 63.6 Å². The van der Waals surface area contributed by atoms with Crippen LogP contribution in [0.5, 0.6) is 0 Å². The number of fused-ring (bicyclic) bond motifs is 1. The van der Waals surface area contributed by atoms with Gasteiger partial charge in [0, 0.05) is 30.8 Å². The molecule has 3 amide bonds. The summed E-state index contributed by atoms with van der Waals surface area (Å²) in [5.41, 5.74) is 1.21. The summed E-state index contributed by atoms with van der Waals surface area (Å²) in [6.45, 7) is 1.91. The van der Waals surface area contributed by atoms with Gasteiger partial charge in [-0.3, -0.25) is 18.9 Å². The largest absolute Gasteiger partial charge is 0.488 e. The highest BCUT2D eigenvalue weighted by Gasteiger charge is 2.40. The summed E-state index contributed by atoms with van der Waals surface area (Å²) in [6.07, 6.45) is 3.02. The number of rotatable bonds is 15. The first-order valence-electron chi connectivity index (χ1n) is 12.6. The minimum absolute atomic E-state index is 0.0303. The van der Waals surface area contributed by atoms with Crippen molar-refractivity contribution in [2.75, 3.05) is 29.7 Å². The number of hydrogen-bond donors (Lipinski definition) is 6. The number of amides is 3. The van der Waals surface area contributed by atoms with E-state index in [0.29, 0.717) is 17.0 Å². The summed E-state index contributed by atoms with van der Waals surface area (Å²) in [7, 11) is -16.1. The molecule has 0 saturated carbocycles. The van der Waals surface area contributed by atoms with Crippen LogP contribution in [0.1, 0.15) is 17.3 Å². The van der Waals surface area contributed by atoms with Crippen LogP contribution >= 0.6 is 23.2 Å². The molecule has 2 unspecified atom stereocenters. The molecular weight excluding hydrogens is 663 g/mol. The Kier molecular flexibility index (Phi) is 10.5.